The number of carbonyl (C=O) groups is 5. The molecule has 3 atom stereocenters. The van der Waals surface area contributed by atoms with Crippen LogP contribution >= 0.6 is 46.6 Å². The molecule has 2 aliphatic heterocycles. The Morgan fingerprint density at radius 3 is 1.83 bits per heavy atom. The molecule has 354 valence electrons. The summed E-state index contributed by atoms with van der Waals surface area (Å²) in [6, 6.07) is 48.0. The fourth-order valence-electron chi connectivity index (χ4n) is 8.27. The van der Waals surface area contributed by atoms with E-state index >= 15 is 4.79 Å². The minimum atomic E-state index is -1.18. The van der Waals surface area contributed by atoms with Crippen molar-refractivity contribution in [3.05, 3.63) is 207 Å². The van der Waals surface area contributed by atoms with Crippen LogP contribution in [0.4, 0.5) is 9.93 Å². The lowest BCUT2D eigenvalue weighted by molar-refractivity contribution is -0.154. The molecule has 0 bridgehead atoms. The number of rotatable bonds is 16. The summed E-state index contributed by atoms with van der Waals surface area (Å²) in [7, 11) is 0. The number of ether oxygens (including phenoxy) is 2. The Morgan fingerprint density at radius 1 is 0.771 bits per heavy atom. The first-order chi connectivity index (χ1) is 33.9. The predicted octanol–water partition coefficient (Wildman–Crippen LogP) is 9.62. The first-order valence-corrected chi connectivity index (χ1v) is 25.7. The van der Waals surface area contributed by atoms with Crippen molar-refractivity contribution < 1.29 is 33.4 Å². The first-order valence-electron chi connectivity index (χ1n) is 22.1. The highest BCUT2D eigenvalue weighted by atomic mass is 32.2. The molecule has 1 unspecified atom stereocenters. The van der Waals surface area contributed by atoms with Gasteiger partial charge in [0, 0.05) is 16.0 Å². The van der Waals surface area contributed by atoms with E-state index in [1.54, 1.807) is 27.0 Å². The second-order valence-corrected chi connectivity index (χ2v) is 21.6. The Balaban J connectivity index is 1.11. The third kappa shape index (κ3) is 10.2. The van der Waals surface area contributed by atoms with Crippen LogP contribution in [-0.4, -0.2) is 82.3 Å². The number of nitrogens with zero attached hydrogens (tertiary/aromatic N) is 4. The Labute approximate surface area is 420 Å². The number of aromatic amines is 1. The van der Waals surface area contributed by atoms with Crippen LogP contribution in [0.15, 0.2) is 179 Å². The van der Waals surface area contributed by atoms with Gasteiger partial charge in [-0.05, 0) is 48.6 Å². The summed E-state index contributed by atoms with van der Waals surface area (Å²) in [5.74, 6) is -3.21. The highest BCUT2D eigenvalue weighted by molar-refractivity contribution is 8.19. The highest BCUT2D eigenvalue weighted by Crippen LogP contribution is 2.56. The zero-order valence-corrected chi connectivity index (χ0v) is 41.2. The van der Waals surface area contributed by atoms with Crippen molar-refractivity contribution in [2.24, 2.45) is 0 Å². The lowest BCUT2D eigenvalue weighted by Crippen LogP contribution is -2.71. The summed E-state index contributed by atoms with van der Waals surface area (Å²) >= 11 is 5.20. The number of esters is 1. The zero-order valence-electron chi connectivity index (χ0n) is 37.9. The van der Waals surface area contributed by atoms with Crippen LogP contribution in [0.25, 0.3) is 0 Å². The second kappa shape index (κ2) is 20.9. The topological polar surface area (TPSA) is 186 Å². The van der Waals surface area contributed by atoms with E-state index in [1.807, 2.05) is 115 Å². The number of carbonyl (C=O) groups excluding carboxylic acids is 5. The number of H-pyrrole nitrogens is 1. The summed E-state index contributed by atoms with van der Waals surface area (Å²) in [6.45, 7) is 5.12. The van der Waals surface area contributed by atoms with Crippen molar-refractivity contribution in [1.29, 1.82) is 0 Å². The van der Waals surface area contributed by atoms with Gasteiger partial charge in [0.2, 0.25) is 0 Å². The average molecular weight is 1010 g/mol. The van der Waals surface area contributed by atoms with E-state index in [1.165, 1.54) is 45.6 Å². The van der Waals surface area contributed by atoms with Crippen molar-refractivity contribution in [2.45, 2.75) is 58.9 Å². The van der Waals surface area contributed by atoms with Crippen LogP contribution in [0.3, 0.4) is 0 Å². The molecular formula is C52H45N7O7S4. The quantitative estimate of drug-likeness (QED) is 0.0158. The Morgan fingerprint density at radius 2 is 1.31 bits per heavy atom. The van der Waals surface area contributed by atoms with Gasteiger partial charge in [-0.3, -0.25) is 24.6 Å². The van der Waals surface area contributed by atoms with Crippen LogP contribution < -0.4 is 10.6 Å². The van der Waals surface area contributed by atoms with Gasteiger partial charge in [-0.15, -0.1) is 40.0 Å². The van der Waals surface area contributed by atoms with Crippen LogP contribution in [0.5, 0.6) is 0 Å². The normalized spacial score (nSPS) is 16.2. The average Bonchev–Trinajstić information content (AvgIpc) is 4.08. The molecule has 0 aliphatic carbocycles. The van der Waals surface area contributed by atoms with Crippen LogP contribution in [-0.2, 0) is 29.3 Å². The Kier molecular flexibility index (Phi) is 14.4. The van der Waals surface area contributed by atoms with Gasteiger partial charge < -0.3 is 14.8 Å². The number of anilines is 1. The molecule has 18 heteroatoms. The number of ketones is 1. The van der Waals surface area contributed by atoms with E-state index in [9.17, 15) is 19.2 Å². The summed E-state index contributed by atoms with van der Waals surface area (Å²) in [4.78, 5) is 75.5. The van der Waals surface area contributed by atoms with E-state index < -0.39 is 62.8 Å². The van der Waals surface area contributed by atoms with Crippen molar-refractivity contribution in [3.63, 3.8) is 0 Å². The van der Waals surface area contributed by atoms with Gasteiger partial charge in [-0.2, -0.15) is 10.3 Å². The summed E-state index contributed by atoms with van der Waals surface area (Å²) in [6.07, 6.45) is 0.0323. The fourth-order valence-corrected chi connectivity index (χ4v) is 13.6. The number of aromatic nitrogens is 4. The van der Waals surface area contributed by atoms with Gasteiger partial charge >= 0.3 is 12.1 Å². The number of hydrogen-bond donors (Lipinski definition) is 3. The van der Waals surface area contributed by atoms with Crippen LogP contribution in [0.2, 0.25) is 0 Å². The number of Topliss-reactive ketones (excluding diaryl/α,β-unsaturated/α-hetero) is 1. The maximum absolute atomic E-state index is 15.3. The molecule has 3 N–H and O–H groups in total. The lowest BCUT2D eigenvalue weighted by atomic mass is 9.70. The molecule has 2 aromatic heterocycles. The molecular weight excluding hydrogens is 963 g/mol. The second-order valence-electron chi connectivity index (χ2n) is 17.0. The molecule has 9 rings (SSSR count). The minimum Gasteiger partial charge on any atom is -0.448 e. The lowest BCUT2D eigenvalue weighted by Gasteiger charge is -2.50. The number of nitrogens with one attached hydrogen (secondary N) is 3. The van der Waals surface area contributed by atoms with E-state index in [4.69, 9.17) is 9.47 Å². The third-order valence-electron chi connectivity index (χ3n) is 11.3. The molecule has 0 radical (unpaired) electrons. The number of amides is 3. The first kappa shape index (κ1) is 48.1. The predicted molar refractivity (Wildman–Crippen MR) is 272 cm³/mol. The van der Waals surface area contributed by atoms with Crippen molar-refractivity contribution in [2.75, 3.05) is 11.1 Å². The van der Waals surface area contributed by atoms with Crippen LogP contribution in [0, 0.1) is 0 Å². The molecule has 4 heterocycles. The van der Waals surface area contributed by atoms with E-state index in [2.05, 4.69) is 67.4 Å². The Bertz CT molecular complexity index is 2880. The van der Waals surface area contributed by atoms with Gasteiger partial charge in [-0.1, -0.05) is 163 Å². The number of fused-ring (bicyclic) bond motifs is 1. The summed E-state index contributed by atoms with van der Waals surface area (Å²) < 4.78 is 11.3. The number of β-lactam (4-membered cyclic amide) rings is 1. The van der Waals surface area contributed by atoms with Gasteiger partial charge in [-0.25, -0.2) is 14.6 Å². The summed E-state index contributed by atoms with van der Waals surface area (Å²) in [5.41, 5.74) is 2.48. The molecule has 1 fully saturated rings. The molecule has 5 aromatic carbocycles. The highest BCUT2D eigenvalue weighted by Gasteiger charge is 2.56. The molecule has 7 aromatic rings. The smallest absolute Gasteiger partial charge is 0.413 e. The molecule has 70 heavy (non-hydrogen) atoms. The van der Waals surface area contributed by atoms with Gasteiger partial charge in [0.25, 0.3) is 17.6 Å². The number of thioether (sulfide) groups is 3. The minimum absolute atomic E-state index is 0.0265. The largest absolute Gasteiger partial charge is 0.448 e. The molecule has 0 saturated carbocycles. The number of thiazole rings is 1. The van der Waals surface area contributed by atoms with E-state index in [-0.39, 0.29) is 22.3 Å². The number of benzene rings is 5. The molecule has 14 nitrogen and oxygen atoms in total. The van der Waals surface area contributed by atoms with Crippen LogP contribution in [0.1, 0.15) is 65.2 Å². The zero-order chi connectivity index (χ0) is 48.8. The monoisotopic (exact) mass is 1010 g/mol. The molecule has 1 saturated heterocycles. The fraction of sp³-hybridized carbons (Fsp3) is 0.192. The number of hydrogen-bond acceptors (Lipinski definition) is 14. The van der Waals surface area contributed by atoms with E-state index in [0.717, 1.165) is 39.2 Å². The Hall–Kier alpha value is -6.99. The standard InChI is InChI=1S/C52H45N7O7S4/c1-51(2,3)66-50(64)56-49-54-37(30-68-49)42(60)44(61)55-40-45(62)59-41(47(63)65-43(32-19-9-4-10-20-32)33-21-11-5-12-22-33)38(31-67-46(40)59)69-48(70-39-29-53-58-57-39)52(34-23-13-6-14-24-34,35-25-15-7-16-26-35)36-27-17-8-18-28-36/h4-30,40,43,46,48H,31H2,1-3H3,(H,55,61)(H,53,57,58)(H,54,56,64)/t40-,46-,48?/m1/s1. The van der Waals surface area contributed by atoms with Gasteiger partial charge in [0.1, 0.15) is 33.4 Å². The maximum Gasteiger partial charge on any atom is 0.413 e. The van der Waals surface area contributed by atoms with Crippen molar-refractivity contribution in [1.82, 2.24) is 30.6 Å². The SMILES string of the molecule is CC(C)(C)OC(=O)Nc1nc(C(=O)C(=O)N[C@@H]2C(=O)N3C(C(=O)OC(c4ccccc4)c4ccccc4)=C(SC(Sc4cn[nH]n4)C(c4ccccc4)(c4ccccc4)c4ccccc4)CS[C@H]23)cs1. The van der Waals surface area contributed by atoms with Crippen molar-refractivity contribution in [3.8, 4) is 0 Å². The van der Waals surface area contributed by atoms with Gasteiger partial charge in [0.15, 0.2) is 11.2 Å². The third-order valence-corrected chi connectivity index (χ3v) is 16.3. The van der Waals surface area contributed by atoms with Crippen molar-refractivity contribution >= 4 is 81.4 Å². The summed E-state index contributed by atoms with van der Waals surface area (Å²) in [5, 5.41) is 17.7. The molecule has 0 spiro atoms. The molecule has 2 aliphatic rings. The van der Waals surface area contributed by atoms with E-state index in [0.29, 0.717) is 9.93 Å². The maximum atomic E-state index is 15.3. The molecule has 3 amide bonds. The van der Waals surface area contributed by atoms with Gasteiger partial charge in [0.05, 0.1) is 16.2 Å².